The topological polar surface area (TPSA) is 60.4 Å². The van der Waals surface area contributed by atoms with Crippen LogP contribution in [0.2, 0.25) is 0 Å². The Hall–Kier alpha value is -3.53. The lowest BCUT2D eigenvalue weighted by Crippen LogP contribution is -2.54. The van der Waals surface area contributed by atoms with Crippen LogP contribution in [0.3, 0.4) is 0 Å². The molecule has 2 unspecified atom stereocenters. The summed E-state index contributed by atoms with van der Waals surface area (Å²) >= 11 is 0. The highest BCUT2D eigenvalue weighted by atomic mass is 16.5. The molecule has 0 saturated carbocycles. The van der Waals surface area contributed by atoms with E-state index in [1.807, 2.05) is 72.8 Å². The van der Waals surface area contributed by atoms with Crippen molar-refractivity contribution < 1.29 is 19.1 Å². The molecule has 162 valence electrons. The standard InChI is InChI=1S/C28H26O4/c1-27(2)24(22-12-8-5-9-13-22)32-26(31)28(3,25(27)30)18-23(29)21-16-14-20(15-17-21)19-10-6-4-7-11-19/h4-17,24H,18H2,1-3H3. The van der Waals surface area contributed by atoms with Crippen molar-refractivity contribution >= 4 is 17.5 Å². The molecule has 1 aliphatic heterocycles. The zero-order valence-electron chi connectivity index (χ0n) is 18.5. The highest BCUT2D eigenvalue weighted by molar-refractivity contribution is 6.12. The van der Waals surface area contributed by atoms with E-state index >= 15 is 0 Å². The number of carbonyl (C=O) groups is 3. The molecule has 4 heteroatoms. The Balaban J connectivity index is 1.56. The summed E-state index contributed by atoms with van der Waals surface area (Å²) in [7, 11) is 0. The summed E-state index contributed by atoms with van der Waals surface area (Å²) in [4.78, 5) is 39.6. The molecule has 0 radical (unpaired) electrons. The highest BCUT2D eigenvalue weighted by Gasteiger charge is 2.58. The fourth-order valence-corrected chi connectivity index (χ4v) is 4.47. The monoisotopic (exact) mass is 426 g/mol. The second kappa shape index (κ2) is 8.19. The summed E-state index contributed by atoms with van der Waals surface area (Å²) in [5.41, 5.74) is 0.802. The van der Waals surface area contributed by atoms with Crippen molar-refractivity contribution in [2.45, 2.75) is 33.3 Å². The fraction of sp³-hybridized carbons (Fsp3) is 0.250. The molecule has 1 saturated heterocycles. The van der Waals surface area contributed by atoms with Gasteiger partial charge in [0.1, 0.15) is 11.5 Å². The molecule has 0 amide bonds. The molecule has 2 atom stereocenters. The van der Waals surface area contributed by atoms with Gasteiger partial charge >= 0.3 is 5.97 Å². The molecular formula is C28H26O4. The van der Waals surface area contributed by atoms with Crippen molar-refractivity contribution in [3.8, 4) is 11.1 Å². The number of cyclic esters (lactones) is 1. The molecule has 32 heavy (non-hydrogen) atoms. The highest BCUT2D eigenvalue weighted by Crippen LogP contribution is 2.49. The number of hydrogen-bond acceptors (Lipinski definition) is 4. The molecule has 3 aromatic rings. The average molecular weight is 427 g/mol. The number of Topliss-reactive ketones (excluding diaryl/α,β-unsaturated/α-hetero) is 2. The van der Waals surface area contributed by atoms with Gasteiger partial charge in [-0.2, -0.15) is 0 Å². The van der Waals surface area contributed by atoms with Gasteiger partial charge in [0.25, 0.3) is 0 Å². The predicted octanol–water partition coefficient (Wildman–Crippen LogP) is 5.83. The third kappa shape index (κ3) is 3.77. The number of ether oxygens (including phenoxy) is 1. The normalized spacial score (nSPS) is 22.3. The lowest BCUT2D eigenvalue weighted by atomic mass is 9.64. The molecule has 1 fully saturated rings. The quantitative estimate of drug-likeness (QED) is 0.293. The van der Waals surface area contributed by atoms with Crippen molar-refractivity contribution in [1.29, 1.82) is 0 Å². The van der Waals surface area contributed by atoms with E-state index < -0.39 is 22.9 Å². The van der Waals surface area contributed by atoms with E-state index in [4.69, 9.17) is 4.74 Å². The zero-order valence-corrected chi connectivity index (χ0v) is 18.5. The summed E-state index contributed by atoms with van der Waals surface area (Å²) in [5.74, 6) is -1.18. The first-order chi connectivity index (χ1) is 15.2. The van der Waals surface area contributed by atoms with E-state index in [0.29, 0.717) is 5.56 Å². The van der Waals surface area contributed by atoms with Gasteiger partial charge in [-0.05, 0) is 37.5 Å². The van der Waals surface area contributed by atoms with Gasteiger partial charge in [-0.25, -0.2) is 0 Å². The van der Waals surface area contributed by atoms with E-state index in [-0.39, 0.29) is 18.0 Å². The molecule has 4 rings (SSSR count). The Morgan fingerprint density at radius 3 is 1.91 bits per heavy atom. The smallest absolute Gasteiger partial charge is 0.320 e. The first-order valence-electron chi connectivity index (χ1n) is 10.7. The van der Waals surface area contributed by atoms with E-state index in [1.54, 1.807) is 26.0 Å². The van der Waals surface area contributed by atoms with Crippen LogP contribution in [0.5, 0.6) is 0 Å². The van der Waals surface area contributed by atoms with E-state index in [1.165, 1.54) is 6.92 Å². The van der Waals surface area contributed by atoms with Crippen molar-refractivity contribution in [2.75, 3.05) is 0 Å². The zero-order chi connectivity index (χ0) is 22.9. The molecular weight excluding hydrogens is 400 g/mol. The van der Waals surface area contributed by atoms with E-state index in [2.05, 4.69) is 0 Å². The van der Waals surface area contributed by atoms with Gasteiger partial charge in [0, 0.05) is 12.0 Å². The minimum atomic E-state index is -1.52. The molecule has 0 N–H and O–H groups in total. The number of carbonyl (C=O) groups excluding carboxylic acids is 3. The van der Waals surface area contributed by atoms with Crippen LogP contribution in [-0.2, 0) is 14.3 Å². The first-order valence-corrected chi connectivity index (χ1v) is 10.7. The van der Waals surface area contributed by atoms with Crippen molar-refractivity contribution in [3.63, 3.8) is 0 Å². The van der Waals surface area contributed by atoms with Crippen molar-refractivity contribution in [2.24, 2.45) is 10.8 Å². The van der Waals surface area contributed by atoms with Gasteiger partial charge in [-0.15, -0.1) is 0 Å². The van der Waals surface area contributed by atoms with E-state index in [9.17, 15) is 14.4 Å². The Bertz CT molecular complexity index is 1150. The summed E-state index contributed by atoms with van der Waals surface area (Å²) in [6.45, 7) is 5.07. The lowest BCUT2D eigenvalue weighted by Gasteiger charge is -2.44. The maximum Gasteiger partial charge on any atom is 0.320 e. The van der Waals surface area contributed by atoms with E-state index in [0.717, 1.165) is 16.7 Å². The van der Waals surface area contributed by atoms with Crippen LogP contribution in [0.15, 0.2) is 84.9 Å². The fourth-order valence-electron chi connectivity index (χ4n) is 4.47. The Morgan fingerprint density at radius 2 is 1.31 bits per heavy atom. The second-order valence-corrected chi connectivity index (χ2v) is 9.12. The van der Waals surface area contributed by atoms with Crippen molar-refractivity contribution in [3.05, 3.63) is 96.1 Å². The third-order valence-electron chi connectivity index (χ3n) is 6.35. The maximum absolute atomic E-state index is 13.5. The second-order valence-electron chi connectivity index (χ2n) is 9.12. The number of rotatable bonds is 5. The number of benzene rings is 3. The minimum Gasteiger partial charge on any atom is -0.456 e. The number of esters is 1. The Labute approximate surface area is 188 Å². The molecule has 1 aliphatic rings. The molecule has 4 nitrogen and oxygen atoms in total. The average Bonchev–Trinajstić information content (AvgIpc) is 2.82. The summed E-state index contributed by atoms with van der Waals surface area (Å²) in [5, 5.41) is 0. The first kappa shape index (κ1) is 21.7. The van der Waals surface area contributed by atoms with Gasteiger partial charge in [-0.1, -0.05) is 84.9 Å². The van der Waals surface area contributed by atoms with Crippen LogP contribution in [-0.4, -0.2) is 17.5 Å². The van der Waals surface area contributed by atoms with Crippen LogP contribution in [0.4, 0.5) is 0 Å². The third-order valence-corrected chi connectivity index (χ3v) is 6.35. The molecule has 0 aliphatic carbocycles. The SMILES string of the molecule is CC1(CC(=O)c2ccc(-c3ccccc3)cc2)C(=O)OC(c2ccccc2)C(C)(C)C1=O. The summed E-state index contributed by atoms with van der Waals surface area (Å²) in [6.07, 6.45) is -0.905. The molecule has 3 aromatic carbocycles. The van der Waals surface area contributed by atoms with Crippen LogP contribution in [0.25, 0.3) is 11.1 Å². The van der Waals surface area contributed by atoms with Crippen LogP contribution >= 0.6 is 0 Å². The molecule has 0 aromatic heterocycles. The maximum atomic E-state index is 13.5. The molecule has 1 heterocycles. The summed E-state index contributed by atoms with van der Waals surface area (Å²) < 4.78 is 5.78. The van der Waals surface area contributed by atoms with Crippen molar-refractivity contribution in [1.82, 2.24) is 0 Å². The Kier molecular flexibility index (Phi) is 5.55. The summed E-state index contributed by atoms with van der Waals surface area (Å²) in [6, 6.07) is 26.4. The number of hydrogen-bond donors (Lipinski definition) is 0. The predicted molar refractivity (Wildman–Crippen MR) is 123 cm³/mol. The van der Waals surface area contributed by atoms with Crippen LogP contribution in [0.1, 0.15) is 49.2 Å². The Morgan fingerprint density at radius 1 is 0.781 bits per heavy atom. The minimum absolute atomic E-state index is 0.222. The van der Waals surface area contributed by atoms with Gasteiger partial charge in [0.05, 0.1) is 5.41 Å². The molecule has 0 bridgehead atoms. The van der Waals surface area contributed by atoms with Crippen LogP contribution in [0, 0.1) is 10.8 Å². The van der Waals surface area contributed by atoms with Gasteiger partial charge in [0.15, 0.2) is 11.6 Å². The van der Waals surface area contributed by atoms with Crippen LogP contribution < -0.4 is 0 Å². The van der Waals surface area contributed by atoms with Gasteiger partial charge in [0.2, 0.25) is 0 Å². The lowest BCUT2D eigenvalue weighted by molar-refractivity contribution is -0.187. The van der Waals surface area contributed by atoms with Gasteiger partial charge < -0.3 is 4.74 Å². The number of ketones is 2. The molecule has 0 spiro atoms. The largest absolute Gasteiger partial charge is 0.456 e. The van der Waals surface area contributed by atoms with Gasteiger partial charge in [-0.3, -0.25) is 14.4 Å².